The summed E-state index contributed by atoms with van der Waals surface area (Å²) in [5.74, 6) is 0.903. The van der Waals surface area contributed by atoms with Crippen molar-refractivity contribution in [2.45, 2.75) is 29.3 Å². The Morgan fingerprint density at radius 2 is 2.29 bits per heavy atom. The minimum atomic E-state index is 0.269. The van der Waals surface area contributed by atoms with E-state index in [2.05, 4.69) is 33.0 Å². The smallest absolute Gasteiger partial charge is 0.209 e. The van der Waals surface area contributed by atoms with Crippen LogP contribution in [-0.2, 0) is 13.5 Å². The van der Waals surface area contributed by atoms with E-state index in [-0.39, 0.29) is 6.04 Å². The summed E-state index contributed by atoms with van der Waals surface area (Å²) in [6.07, 6.45) is 2.17. The topological polar surface area (TPSA) is 64.9 Å². The van der Waals surface area contributed by atoms with Gasteiger partial charge in [0, 0.05) is 18.3 Å². The molecule has 1 N–H and O–H groups in total. The molecule has 2 unspecified atom stereocenters. The summed E-state index contributed by atoms with van der Waals surface area (Å²) in [6, 6.07) is 6.61. The first-order valence-corrected chi connectivity index (χ1v) is 7.84. The summed E-state index contributed by atoms with van der Waals surface area (Å²) in [4.78, 5) is 0. The van der Waals surface area contributed by atoms with Crippen LogP contribution in [0.1, 0.15) is 23.6 Å². The summed E-state index contributed by atoms with van der Waals surface area (Å²) < 4.78 is 7.08. The molecule has 112 valence electrons. The third-order valence-electron chi connectivity index (χ3n) is 3.91. The van der Waals surface area contributed by atoms with Crippen molar-refractivity contribution in [2.24, 2.45) is 7.05 Å². The van der Waals surface area contributed by atoms with Gasteiger partial charge in [-0.3, -0.25) is 0 Å². The van der Waals surface area contributed by atoms with Crippen molar-refractivity contribution in [2.75, 3.05) is 14.2 Å². The Labute approximate surface area is 128 Å². The fourth-order valence-corrected chi connectivity index (χ4v) is 4.00. The molecule has 7 heteroatoms. The molecule has 1 aliphatic carbocycles. The minimum Gasteiger partial charge on any atom is -0.497 e. The molecule has 1 aliphatic rings. The van der Waals surface area contributed by atoms with Crippen LogP contribution in [0.25, 0.3) is 0 Å². The molecule has 0 spiro atoms. The highest BCUT2D eigenvalue weighted by atomic mass is 32.2. The average Bonchev–Trinajstić information content (AvgIpc) is 2.91. The lowest BCUT2D eigenvalue weighted by molar-refractivity contribution is 0.411. The number of nitrogens with one attached hydrogen (secondary N) is 1. The van der Waals surface area contributed by atoms with Gasteiger partial charge in [0.1, 0.15) is 5.75 Å². The summed E-state index contributed by atoms with van der Waals surface area (Å²) in [5, 5.41) is 16.4. The Morgan fingerprint density at radius 1 is 1.43 bits per heavy atom. The molecule has 0 fully saturated rings. The molecule has 3 rings (SSSR count). The molecule has 0 amide bonds. The first kappa shape index (κ1) is 14.3. The average molecular weight is 305 g/mol. The fraction of sp³-hybridized carbons (Fsp3) is 0.500. The van der Waals surface area contributed by atoms with Crippen LogP contribution >= 0.6 is 11.8 Å². The zero-order chi connectivity index (χ0) is 14.8. The molecule has 2 aromatic rings. The van der Waals surface area contributed by atoms with Gasteiger partial charge in [-0.15, -0.1) is 5.10 Å². The van der Waals surface area contributed by atoms with Crippen molar-refractivity contribution in [1.82, 2.24) is 25.5 Å². The zero-order valence-electron chi connectivity index (χ0n) is 12.4. The van der Waals surface area contributed by atoms with E-state index in [0.29, 0.717) is 5.25 Å². The molecule has 21 heavy (non-hydrogen) atoms. The molecule has 0 radical (unpaired) electrons. The van der Waals surface area contributed by atoms with Crippen LogP contribution in [-0.4, -0.2) is 39.6 Å². The first-order valence-electron chi connectivity index (χ1n) is 6.96. The number of hydrogen-bond donors (Lipinski definition) is 1. The van der Waals surface area contributed by atoms with Gasteiger partial charge in [0.25, 0.3) is 0 Å². The van der Waals surface area contributed by atoms with E-state index in [1.54, 1.807) is 23.6 Å². The normalized spacial score (nSPS) is 21.1. The van der Waals surface area contributed by atoms with Crippen LogP contribution in [0.2, 0.25) is 0 Å². The lowest BCUT2D eigenvalue weighted by Gasteiger charge is -2.32. The highest BCUT2D eigenvalue weighted by molar-refractivity contribution is 7.99. The molecule has 2 atom stereocenters. The molecule has 0 aliphatic heterocycles. The second-order valence-corrected chi connectivity index (χ2v) is 6.32. The Hall–Kier alpha value is -1.60. The van der Waals surface area contributed by atoms with Crippen molar-refractivity contribution in [3.63, 3.8) is 0 Å². The summed E-state index contributed by atoms with van der Waals surface area (Å²) in [7, 11) is 5.58. The molecule has 0 bridgehead atoms. The second kappa shape index (κ2) is 6.03. The minimum absolute atomic E-state index is 0.269. The van der Waals surface area contributed by atoms with Gasteiger partial charge in [0.15, 0.2) is 0 Å². The molecule has 0 saturated heterocycles. The van der Waals surface area contributed by atoms with Gasteiger partial charge in [-0.05, 0) is 53.6 Å². The predicted molar refractivity (Wildman–Crippen MR) is 81.6 cm³/mol. The quantitative estimate of drug-likeness (QED) is 0.925. The number of hydrogen-bond acceptors (Lipinski definition) is 6. The Balaban J connectivity index is 1.88. The van der Waals surface area contributed by atoms with E-state index in [1.165, 1.54) is 11.1 Å². The standard InChI is InChI=1S/C14H19N5OS/c1-15-13-11-8-10(20-3)6-4-9(11)5-7-12(13)21-14-16-17-18-19(14)2/h4,6,8,12-13,15H,5,7H2,1-3H3. The summed E-state index contributed by atoms with van der Waals surface area (Å²) in [5.41, 5.74) is 2.71. The number of benzene rings is 1. The number of methoxy groups -OCH3 is 1. The highest BCUT2D eigenvalue weighted by Gasteiger charge is 2.30. The van der Waals surface area contributed by atoms with E-state index in [4.69, 9.17) is 4.74 Å². The third kappa shape index (κ3) is 2.75. The van der Waals surface area contributed by atoms with Crippen LogP contribution in [0.5, 0.6) is 5.75 Å². The van der Waals surface area contributed by atoms with Crippen LogP contribution in [0.4, 0.5) is 0 Å². The molecule has 1 heterocycles. The second-order valence-electron chi connectivity index (χ2n) is 5.11. The SMILES string of the molecule is CNC1c2cc(OC)ccc2CCC1Sc1nnnn1C. The largest absolute Gasteiger partial charge is 0.497 e. The van der Waals surface area contributed by atoms with Gasteiger partial charge in [0.2, 0.25) is 5.16 Å². The molecular formula is C14H19N5OS. The van der Waals surface area contributed by atoms with E-state index in [9.17, 15) is 0 Å². The van der Waals surface area contributed by atoms with E-state index >= 15 is 0 Å². The van der Waals surface area contributed by atoms with Crippen LogP contribution in [0.3, 0.4) is 0 Å². The van der Waals surface area contributed by atoms with E-state index < -0.39 is 0 Å². The summed E-state index contributed by atoms with van der Waals surface area (Å²) in [6.45, 7) is 0. The number of rotatable bonds is 4. The maximum Gasteiger partial charge on any atom is 0.209 e. The third-order valence-corrected chi connectivity index (χ3v) is 5.27. The highest BCUT2D eigenvalue weighted by Crippen LogP contribution is 2.40. The van der Waals surface area contributed by atoms with Crippen molar-refractivity contribution in [1.29, 1.82) is 0 Å². The lowest BCUT2D eigenvalue weighted by Crippen LogP contribution is -2.32. The van der Waals surface area contributed by atoms with Crippen molar-refractivity contribution in [3.8, 4) is 5.75 Å². The number of aryl methyl sites for hydroxylation is 2. The fourth-order valence-electron chi connectivity index (χ4n) is 2.81. The molecule has 6 nitrogen and oxygen atoms in total. The van der Waals surface area contributed by atoms with Crippen LogP contribution < -0.4 is 10.1 Å². The number of nitrogens with zero attached hydrogens (tertiary/aromatic N) is 4. The van der Waals surface area contributed by atoms with Crippen LogP contribution in [0, 0.1) is 0 Å². The number of tetrazole rings is 1. The number of thioether (sulfide) groups is 1. The van der Waals surface area contributed by atoms with Gasteiger partial charge in [0.05, 0.1) is 7.11 Å². The number of fused-ring (bicyclic) bond motifs is 1. The van der Waals surface area contributed by atoms with E-state index in [1.807, 2.05) is 20.2 Å². The van der Waals surface area contributed by atoms with Gasteiger partial charge < -0.3 is 10.1 Å². The monoisotopic (exact) mass is 305 g/mol. The van der Waals surface area contributed by atoms with Crippen molar-refractivity contribution in [3.05, 3.63) is 29.3 Å². The molecule has 0 saturated carbocycles. The number of aromatic nitrogens is 4. The maximum absolute atomic E-state index is 5.36. The Morgan fingerprint density at radius 3 is 2.95 bits per heavy atom. The molecule has 1 aromatic carbocycles. The maximum atomic E-state index is 5.36. The van der Waals surface area contributed by atoms with Gasteiger partial charge in [-0.25, -0.2) is 4.68 Å². The van der Waals surface area contributed by atoms with Crippen LogP contribution in [0.15, 0.2) is 23.4 Å². The van der Waals surface area contributed by atoms with Gasteiger partial charge in [-0.1, -0.05) is 17.8 Å². The number of ether oxygens (including phenoxy) is 1. The van der Waals surface area contributed by atoms with Crippen molar-refractivity contribution < 1.29 is 4.74 Å². The zero-order valence-corrected chi connectivity index (χ0v) is 13.2. The van der Waals surface area contributed by atoms with E-state index in [0.717, 1.165) is 23.7 Å². The lowest BCUT2D eigenvalue weighted by atomic mass is 9.87. The Kier molecular flexibility index (Phi) is 4.12. The van der Waals surface area contributed by atoms with Gasteiger partial charge >= 0.3 is 0 Å². The Bertz CT molecular complexity index is 630. The first-order chi connectivity index (χ1) is 10.2. The molecular weight excluding hydrogens is 286 g/mol. The van der Waals surface area contributed by atoms with Gasteiger partial charge in [-0.2, -0.15) is 0 Å². The molecule has 1 aromatic heterocycles. The summed E-state index contributed by atoms with van der Waals surface area (Å²) >= 11 is 1.73. The van der Waals surface area contributed by atoms with Crippen molar-refractivity contribution >= 4 is 11.8 Å². The predicted octanol–water partition coefficient (Wildman–Crippen LogP) is 1.59.